The molecule has 0 aliphatic carbocycles. The molecule has 142 valence electrons. The fourth-order valence-electron chi connectivity index (χ4n) is 2.59. The molecule has 0 amide bonds. The Kier molecular flexibility index (Phi) is 5.45. The number of ether oxygens (including phenoxy) is 1. The van der Waals surface area contributed by atoms with Crippen LogP contribution in [0.3, 0.4) is 0 Å². The van der Waals surface area contributed by atoms with E-state index in [0.717, 1.165) is 5.69 Å². The number of anilines is 4. The maximum absolute atomic E-state index is 11.7. The fourth-order valence-corrected chi connectivity index (χ4v) is 2.59. The van der Waals surface area contributed by atoms with Crippen LogP contribution in [0.1, 0.15) is 10.4 Å². The lowest BCUT2D eigenvalue weighted by Gasteiger charge is -2.18. The summed E-state index contributed by atoms with van der Waals surface area (Å²) in [5, 5.41) is 14.7. The summed E-state index contributed by atoms with van der Waals surface area (Å²) in [5.74, 6) is -0.269. The van der Waals surface area contributed by atoms with Gasteiger partial charge in [-0.25, -0.2) is 14.8 Å². The summed E-state index contributed by atoms with van der Waals surface area (Å²) in [6.45, 7) is 0. The molecule has 0 aliphatic rings. The first kappa shape index (κ1) is 18.8. The normalized spacial score (nSPS) is 10.2. The highest BCUT2D eigenvalue weighted by molar-refractivity contribution is 5.90. The van der Waals surface area contributed by atoms with Gasteiger partial charge >= 0.3 is 11.7 Å². The van der Waals surface area contributed by atoms with E-state index < -0.39 is 10.9 Å². The third-order valence-electron chi connectivity index (χ3n) is 4.02. The van der Waals surface area contributed by atoms with Crippen molar-refractivity contribution in [3.63, 3.8) is 0 Å². The quantitative estimate of drug-likeness (QED) is 0.392. The molecule has 28 heavy (non-hydrogen) atoms. The number of hydrogen-bond acceptors (Lipinski definition) is 8. The maximum Gasteiger partial charge on any atom is 0.354 e. The summed E-state index contributed by atoms with van der Waals surface area (Å²) >= 11 is 0. The van der Waals surface area contributed by atoms with Crippen LogP contribution < -0.4 is 10.2 Å². The van der Waals surface area contributed by atoms with Crippen LogP contribution in [0.4, 0.5) is 28.7 Å². The average Bonchev–Trinajstić information content (AvgIpc) is 2.73. The van der Waals surface area contributed by atoms with Crippen LogP contribution in [-0.2, 0) is 4.74 Å². The number of carbonyl (C=O) groups excluding carboxylic acids is 1. The number of hydrogen-bond donors (Lipinski definition) is 1. The third-order valence-corrected chi connectivity index (χ3v) is 4.02. The minimum atomic E-state index is -0.528. The molecule has 1 aromatic heterocycles. The first-order chi connectivity index (χ1) is 13.5. The van der Waals surface area contributed by atoms with Gasteiger partial charge in [-0.2, -0.15) is 0 Å². The number of aromatic nitrogens is 2. The van der Waals surface area contributed by atoms with Crippen molar-refractivity contribution < 1.29 is 14.5 Å². The molecule has 0 saturated carbocycles. The molecule has 0 aliphatic heterocycles. The van der Waals surface area contributed by atoms with Crippen molar-refractivity contribution in [2.24, 2.45) is 0 Å². The van der Waals surface area contributed by atoms with Gasteiger partial charge in [0.15, 0.2) is 0 Å². The molecule has 3 aromatic rings. The van der Waals surface area contributed by atoms with Crippen LogP contribution in [0.25, 0.3) is 0 Å². The summed E-state index contributed by atoms with van der Waals surface area (Å²) in [5.41, 5.74) is 1.39. The summed E-state index contributed by atoms with van der Waals surface area (Å²) in [6, 6.07) is 15.5. The van der Waals surface area contributed by atoms with Crippen molar-refractivity contribution in [1.29, 1.82) is 0 Å². The fraction of sp³-hybridized carbons (Fsp3) is 0.105. The van der Waals surface area contributed by atoms with Gasteiger partial charge in [0.05, 0.1) is 17.6 Å². The Labute approximate surface area is 160 Å². The molecule has 3 rings (SSSR count). The SMILES string of the molecule is COC(=O)c1ccc(Nc2ncnc(N(C)c3ccccc3)c2[N+](=O)[O-])cc1. The van der Waals surface area contributed by atoms with E-state index in [1.54, 1.807) is 36.2 Å². The Morgan fingerprint density at radius 2 is 1.79 bits per heavy atom. The van der Waals surface area contributed by atoms with Crippen LogP contribution in [0.2, 0.25) is 0 Å². The topological polar surface area (TPSA) is 110 Å². The second kappa shape index (κ2) is 8.12. The van der Waals surface area contributed by atoms with Crippen LogP contribution in [0.5, 0.6) is 0 Å². The molecule has 2 aromatic carbocycles. The second-order valence-corrected chi connectivity index (χ2v) is 5.74. The zero-order valence-corrected chi connectivity index (χ0v) is 15.2. The Morgan fingerprint density at radius 1 is 1.11 bits per heavy atom. The number of nitrogens with one attached hydrogen (secondary N) is 1. The number of nitro groups is 1. The number of nitrogens with zero attached hydrogens (tertiary/aromatic N) is 4. The van der Waals surface area contributed by atoms with Gasteiger partial charge in [0.25, 0.3) is 0 Å². The van der Waals surface area contributed by atoms with E-state index in [1.165, 1.54) is 13.4 Å². The Balaban J connectivity index is 1.96. The van der Waals surface area contributed by atoms with Crippen LogP contribution in [0, 0.1) is 10.1 Å². The molecule has 0 saturated heterocycles. The minimum absolute atomic E-state index is 0.0450. The summed E-state index contributed by atoms with van der Waals surface area (Å²) in [6.07, 6.45) is 1.26. The molecule has 0 spiro atoms. The average molecular weight is 379 g/mol. The standard InChI is InChI=1S/C19H17N5O4/c1-23(15-6-4-3-5-7-15)18-16(24(26)27)17(20-12-21-18)22-14-10-8-13(9-11-14)19(25)28-2/h3-12H,1-2H3,(H,20,21,22). The van der Waals surface area contributed by atoms with E-state index in [9.17, 15) is 14.9 Å². The molecule has 9 nitrogen and oxygen atoms in total. The largest absolute Gasteiger partial charge is 0.465 e. The van der Waals surface area contributed by atoms with Crippen molar-refractivity contribution in [2.75, 3.05) is 24.4 Å². The molecule has 0 radical (unpaired) electrons. The number of esters is 1. The predicted octanol–water partition coefficient (Wildman–Crippen LogP) is 3.68. The summed E-state index contributed by atoms with van der Waals surface area (Å²) in [7, 11) is 2.99. The number of carbonyl (C=O) groups is 1. The Bertz CT molecular complexity index is 993. The van der Waals surface area contributed by atoms with Crippen LogP contribution in [0.15, 0.2) is 60.9 Å². The zero-order valence-electron chi connectivity index (χ0n) is 15.2. The van der Waals surface area contributed by atoms with Crippen molar-refractivity contribution in [3.05, 3.63) is 76.6 Å². The molecule has 0 atom stereocenters. The van der Waals surface area contributed by atoms with Gasteiger partial charge in [0.1, 0.15) is 6.33 Å². The van der Waals surface area contributed by atoms with Crippen molar-refractivity contribution in [2.45, 2.75) is 0 Å². The Morgan fingerprint density at radius 3 is 2.39 bits per heavy atom. The molecule has 1 N–H and O–H groups in total. The van der Waals surface area contributed by atoms with Crippen LogP contribution in [-0.4, -0.2) is 35.0 Å². The second-order valence-electron chi connectivity index (χ2n) is 5.74. The molecular weight excluding hydrogens is 362 g/mol. The van der Waals surface area contributed by atoms with E-state index >= 15 is 0 Å². The van der Waals surface area contributed by atoms with E-state index in [4.69, 9.17) is 0 Å². The molecular formula is C19H17N5O4. The lowest BCUT2D eigenvalue weighted by atomic mass is 10.2. The van der Waals surface area contributed by atoms with Gasteiger partial charge in [0, 0.05) is 18.4 Å². The smallest absolute Gasteiger partial charge is 0.354 e. The number of para-hydroxylation sites is 1. The van der Waals surface area contributed by atoms with Crippen molar-refractivity contribution in [3.8, 4) is 0 Å². The minimum Gasteiger partial charge on any atom is -0.465 e. The van der Waals surface area contributed by atoms with Gasteiger partial charge in [-0.1, -0.05) is 18.2 Å². The molecule has 9 heteroatoms. The van der Waals surface area contributed by atoms with Crippen LogP contribution >= 0.6 is 0 Å². The molecule has 0 fully saturated rings. The highest BCUT2D eigenvalue weighted by atomic mass is 16.6. The molecule has 0 bridgehead atoms. The van der Waals surface area contributed by atoms with Gasteiger partial charge in [-0.05, 0) is 36.4 Å². The molecule has 0 unspecified atom stereocenters. The first-order valence-electron chi connectivity index (χ1n) is 8.25. The highest BCUT2D eigenvalue weighted by Crippen LogP contribution is 2.35. The summed E-state index contributed by atoms with van der Waals surface area (Å²) < 4.78 is 4.65. The van der Waals surface area contributed by atoms with Gasteiger partial charge < -0.3 is 15.0 Å². The zero-order chi connectivity index (χ0) is 20.1. The predicted molar refractivity (Wildman–Crippen MR) is 104 cm³/mol. The van der Waals surface area contributed by atoms with Gasteiger partial charge in [-0.3, -0.25) is 10.1 Å². The molecule has 1 heterocycles. The van der Waals surface area contributed by atoms with E-state index in [0.29, 0.717) is 11.3 Å². The van der Waals surface area contributed by atoms with Crippen molar-refractivity contribution in [1.82, 2.24) is 9.97 Å². The van der Waals surface area contributed by atoms with E-state index in [2.05, 4.69) is 20.0 Å². The Hall–Kier alpha value is -4.01. The van der Waals surface area contributed by atoms with E-state index in [-0.39, 0.29) is 17.3 Å². The van der Waals surface area contributed by atoms with E-state index in [1.807, 2.05) is 30.3 Å². The lowest BCUT2D eigenvalue weighted by molar-refractivity contribution is -0.383. The number of benzene rings is 2. The lowest BCUT2D eigenvalue weighted by Crippen LogP contribution is -2.15. The van der Waals surface area contributed by atoms with Gasteiger partial charge in [-0.15, -0.1) is 0 Å². The highest BCUT2D eigenvalue weighted by Gasteiger charge is 2.26. The third kappa shape index (κ3) is 3.88. The maximum atomic E-state index is 11.7. The first-order valence-corrected chi connectivity index (χ1v) is 8.25. The summed E-state index contributed by atoms with van der Waals surface area (Å²) in [4.78, 5) is 32.5. The van der Waals surface area contributed by atoms with Crippen molar-refractivity contribution >= 4 is 34.7 Å². The van der Waals surface area contributed by atoms with Gasteiger partial charge in [0.2, 0.25) is 11.6 Å². The number of methoxy groups -OCH3 is 1. The monoisotopic (exact) mass is 379 g/mol. The number of rotatable bonds is 6.